The number of rotatable bonds is 9. The summed E-state index contributed by atoms with van der Waals surface area (Å²) in [5.41, 5.74) is 5.26. The van der Waals surface area contributed by atoms with E-state index in [1.54, 1.807) is 16.0 Å². The lowest BCUT2D eigenvalue weighted by Crippen LogP contribution is -2.40. The standard InChI is InChI=1S/C38H38N8O6.2H2S/c1-50-38(49)41-22-35(48)45-15-3-5-32(45)36-40-20-31(44-36)28-13-12-26-17-24(9-11-27(26)19-28)7-8-25-10-14-29-30(18-25)43-37(42-29)33-6-4-16-46(33)34(47)21-39-23-52-51-2;;/h9-14,17-20,23,32-33H,3-6,15-16,21-22H2,1-2H3,(H,40,44)(H,41,49)(H,42,43);2*1H2/t32-,33-;;/m0../s1. The number of fused-ring (bicyclic) bond motifs is 2. The van der Waals surface area contributed by atoms with E-state index in [1.807, 2.05) is 30.3 Å². The summed E-state index contributed by atoms with van der Waals surface area (Å²) in [4.78, 5) is 69.8. The van der Waals surface area contributed by atoms with Crippen molar-refractivity contribution in [3.63, 3.8) is 0 Å². The fourth-order valence-corrected chi connectivity index (χ4v) is 6.85. The van der Waals surface area contributed by atoms with Crippen molar-refractivity contribution in [1.82, 2.24) is 35.1 Å². The lowest BCUT2D eigenvalue weighted by Gasteiger charge is -2.23. The molecule has 14 nitrogen and oxygen atoms in total. The highest BCUT2D eigenvalue weighted by Crippen LogP contribution is 2.33. The van der Waals surface area contributed by atoms with Gasteiger partial charge in [0, 0.05) is 29.8 Å². The van der Waals surface area contributed by atoms with Crippen LogP contribution >= 0.6 is 27.0 Å². The minimum Gasteiger partial charge on any atom is -0.453 e. The van der Waals surface area contributed by atoms with Crippen molar-refractivity contribution in [2.75, 3.05) is 40.4 Å². The molecule has 282 valence electrons. The third kappa shape index (κ3) is 8.82. The lowest BCUT2D eigenvalue weighted by molar-refractivity contribution is -0.188. The second-order valence-corrected chi connectivity index (χ2v) is 12.6. The molecule has 3 N–H and O–H groups in total. The fourth-order valence-electron chi connectivity index (χ4n) is 6.85. The number of carbonyl (C=O) groups excluding carboxylic acids is 3. The summed E-state index contributed by atoms with van der Waals surface area (Å²) < 4.78 is 4.58. The average molecular weight is 771 g/mol. The first-order valence-electron chi connectivity index (χ1n) is 17.1. The summed E-state index contributed by atoms with van der Waals surface area (Å²) in [5.74, 6) is 7.78. The number of benzene rings is 3. The van der Waals surface area contributed by atoms with E-state index in [2.05, 4.69) is 75.9 Å². The van der Waals surface area contributed by atoms with Gasteiger partial charge in [-0.05, 0) is 72.9 Å². The molecule has 7 rings (SSSR count). The minimum atomic E-state index is -0.636. The number of nitrogens with zero attached hydrogens (tertiary/aromatic N) is 5. The molecule has 2 aliphatic heterocycles. The van der Waals surface area contributed by atoms with Crippen molar-refractivity contribution in [3.8, 4) is 23.1 Å². The molecule has 0 radical (unpaired) electrons. The Morgan fingerprint density at radius 1 is 0.889 bits per heavy atom. The number of alkyl carbamates (subject to hydrolysis) is 1. The van der Waals surface area contributed by atoms with Gasteiger partial charge >= 0.3 is 6.09 Å². The lowest BCUT2D eigenvalue weighted by atomic mass is 10.0. The highest BCUT2D eigenvalue weighted by atomic mass is 32.1. The largest absolute Gasteiger partial charge is 0.453 e. The second kappa shape index (κ2) is 18.0. The van der Waals surface area contributed by atoms with E-state index in [1.165, 1.54) is 14.2 Å². The number of hydrogen-bond donors (Lipinski definition) is 3. The molecule has 0 unspecified atom stereocenters. The molecule has 0 aliphatic carbocycles. The number of methoxy groups -OCH3 is 1. The Hall–Kier alpha value is -5.50. The highest BCUT2D eigenvalue weighted by molar-refractivity contribution is 7.59. The Bertz CT molecular complexity index is 2230. The molecule has 54 heavy (non-hydrogen) atoms. The van der Waals surface area contributed by atoms with E-state index in [9.17, 15) is 14.4 Å². The van der Waals surface area contributed by atoms with Crippen LogP contribution in [-0.4, -0.2) is 94.4 Å². The summed E-state index contributed by atoms with van der Waals surface area (Å²) in [6.07, 6.45) is 5.64. The van der Waals surface area contributed by atoms with E-state index in [4.69, 9.17) is 4.98 Å². The normalized spacial score (nSPS) is 16.5. The average Bonchev–Trinajstić information content (AvgIpc) is 4.00. The van der Waals surface area contributed by atoms with Crippen molar-refractivity contribution < 1.29 is 28.9 Å². The molecule has 2 atom stereocenters. The van der Waals surface area contributed by atoms with Crippen LogP contribution in [0.15, 0.2) is 65.8 Å². The maximum absolute atomic E-state index is 12.8. The van der Waals surface area contributed by atoms with Gasteiger partial charge in [0.15, 0.2) is 0 Å². The van der Waals surface area contributed by atoms with Crippen LogP contribution in [0.1, 0.15) is 60.5 Å². The van der Waals surface area contributed by atoms with E-state index in [-0.39, 0.29) is 64.0 Å². The van der Waals surface area contributed by atoms with E-state index >= 15 is 0 Å². The van der Waals surface area contributed by atoms with Crippen LogP contribution in [0.2, 0.25) is 0 Å². The van der Waals surface area contributed by atoms with Gasteiger partial charge in [0.25, 0.3) is 0 Å². The molecule has 2 fully saturated rings. The topological polar surface area (TPSA) is 167 Å². The summed E-state index contributed by atoms with van der Waals surface area (Å²) >= 11 is 0. The third-order valence-electron chi connectivity index (χ3n) is 9.39. The Balaban J connectivity index is 0.00000280. The maximum atomic E-state index is 12.8. The number of aromatic amines is 2. The van der Waals surface area contributed by atoms with Gasteiger partial charge < -0.3 is 34.7 Å². The van der Waals surface area contributed by atoms with Crippen LogP contribution in [0.5, 0.6) is 0 Å². The number of aliphatic imine (C=N–C) groups is 1. The summed E-state index contributed by atoms with van der Waals surface area (Å²) in [5, 5.41) is 4.58. The molecule has 4 heterocycles. The second-order valence-electron chi connectivity index (χ2n) is 12.6. The number of H-pyrrole nitrogens is 2. The zero-order valence-corrected chi connectivity index (χ0v) is 31.8. The number of amides is 3. The van der Waals surface area contributed by atoms with Gasteiger partial charge in [-0.3, -0.25) is 9.59 Å². The Morgan fingerprint density at radius 3 is 2.33 bits per heavy atom. The molecular formula is C38H42N8O6S2. The molecule has 2 saturated heterocycles. The van der Waals surface area contributed by atoms with Crippen LogP contribution in [0, 0.1) is 11.8 Å². The molecule has 16 heteroatoms. The Labute approximate surface area is 325 Å². The maximum Gasteiger partial charge on any atom is 0.407 e. The number of ether oxygens (including phenoxy) is 1. The van der Waals surface area contributed by atoms with Gasteiger partial charge in [-0.1, -0.05) is 30.0 Å². The van der Waals surface area contributed by atoms with Crippen molar-refractivity contribution in [2.45, 2.75) is 37.8 Å². The zero-order chi connectivity index (χ0) is 36.0. The first-order chi connectivity index (χ1) is 25.4. The van der Waals surface area contributed by atoms with Crippen molar-refractivity contribution in [1.29, 1.82) is 0 Å². The van der Waals surface area contributed by atoms with Gasteiger partial charge in [0.2, 0.25) is 18.2 Å². The highest BCUT2D eigenvalue weighted by Gasteiger charge is 2.33. The molecule has 3 aromatic carbocycles. The predicted molar refractivity (Wildman–Crippen MR) is 214 cm³/mol. The zero-order valence-electron chi connectivity index (χ0n) is 29.8. The monoisotopic (exact) mass is 770 g/mol. The Kier molecular flexibility index (Phi) is 13.2. The van der Waals surface area contributed by atoms with Crippen LogP contribution in [0.4, 0.5) is 4.79 Å². The van der Waals surface area contributed by atoms with Crippen LogP contribution in [-0.2, 0) is 24.1 Å². The van der Waals surface area contributed by atoms with Gasteiger partial charge in [-0.2, -0.15) is 31.9 Å². The Morgan fingerprint density at radius 2 is 1.57 bits per heavy atom. The van der Waals surface area contributed by atoms with Crippen molar-refractivity contribution in [2.24, 2.45) is 4.99 Å². The summed E-state index contributed by atoms with van der Waals surface area (Å²) in [6.45, 7) is 1.11. The molecule has 0 spiro atoms. The number of imidazole rings is 2. The fraction of sp³-hybridized carbons (Fsp3) is 0.316. The molecule has 3 amide bonds. The van der Waals surface area contributed by atoms with Gasteiger partial charge in [0.1, 0.15) is 24.7 Å². The van der Waals surface area contributed by atoms with Crippen LogP contribution < -0.4 is 5.32 Å². The molecule has 0 saturated carbocycles. The van der Waals surface area contributed by atoms with Gasteiger partial charge in [0.05, 0.1) is 49.2 Å². The van der Waals surface area contributed by atoms with Crippen LogP contribution in [0.25, 0.3) is 33.1 Å². The summed E-state index contributed by atoms with van der Waals surface area (Å²) in [6, 6.07) is 17.9. The van der Waals surface area contributed by atoms with E-state index in [0.717, 1.165) is 87.9 Å². The van der Waals surface area contributed by atoms with Crippen molar-refractivity contribution >= 4 is 73.1 Å². The quantitative estimate of drug-likeness (QED) is 0.0618. The smallest absolute Gasteiger partial charge is 0.407 e. The molecule has 0 bridgehead atoms. The first-order valence-corrected chi connectivity index (χ1v) is 17.1. The van der Waals surface area contributed by atoms with Crippen molar-refractivity contribution in [3.05, 3.63) is 83.6 Å². The molecule has 5 aromatic rings. The van der Waals surface area contributed by atoms with E-state index in [0.29, 0.717) is 13.1 Å². The number of likely N-dealkylation sites (tertiary alicyclic amines) is 2. The van der Waals surface area contributed by atoms with E-state index < -0.39 is 6.09 Å². The molecule has 2 aromatic heterocycles. The third-order valence-corrected chi connectivity index (χ3v) is 9.39. The molecular weight excluding hydrogens is 729 g/mol. The van der Waals surface area contributed by atoms with Crippen LogP contribution in [0.3, 0.4) is 0 Å². The SMILES string of the molecule is COOC=NCC(=O)N1CCC[C@H]1c1nc2ccc(C#Cc3ccc4cc(-c5cnc([C@@H]6CCCN6C(=O)CNC(=O)OC)[nH]5)ccc4c3)cc2[nH]1.S.S. The number of hydrogen-bond acceptors (Lipinski definition) is 9. The van der Waals surface area contributed by atoms with Gasteiger partial charge in [-0.25, -0.2) is 19.8 Å². The number of aromatic nitrogens is 4. The number of carbonyl (C=O) groups is 3. The first kappa shape index (κ1) is 39.7. The van der Waals surface area contributed by atoms with Gasteiger partial charge in [-0.15, -0.1) is 0 Å². The number of nitrogens with one attached hydrogen (secondary N) is 3. The molecule has 2 aliphatic rings. The minimum absolute atomic E-state index is 0. The predicted octanol–water partition coefficient (Wildman–Crippen LogP) is 5.02. The summed E-state index contributed by atoms with van der Waals surface area (Å²) in [7, 11) is 2.64.